The molecule has 3 rings (SSSR count). The van der Waals surface area contributed by atoms with Crippen molar-refractivity contribution in [3.05, 3.63) is 27.9 Å². The number of hydrogen-bond donors (Lipinski definition) is 1. The lowest BCUT2D eigenvalue weighted by Gasteiger charge is -1.97. The molecule has 0 unspecified atom stereocenters. The Hall–Kier alpha value is -0.960. The van der Waals surface area contributed by atoms with Crippen molar-refractivity contribution in [3.8, 4) is 10.6 Å². The summed E-state index contributed by atoms with van der Waals surface area (Å²) < 4.78 is 0.990. The van der Waals surface area contributed by atoms with Gasteiger partial charge >= 0.3 is 0 Å². The SMILES string of the molecule is CCCCNc1nnc(SCc2csc(-c3ccsc3)n2)s1. The zero-order chi connectivity index (χ0) is 15.2. The molecule has 4 nitrogen and oxygen atoms in total. The summed E-state index contributed by atoms with van der Waals surface area (Å²) >= 11 is 6.71. The number of unbranched alkanes of at least 4 members (excludes halogenated alkanes) is 1. The van der Waals surface area contributed by atoms with Crippen LogP contribution in [0.5, 0.6) is 0 Å². The van der Waals surface area contributed by atoms with Crippen molar-refractivity contribution in [2.75, 3.05) is 11.9 Å². The summed E-state index contributed by atoms with van der Waals surface area (Å²) in [6.07, 6.45) is 2.34. The van der Waals surface area contributed by atoms with Gasteiger partial charge < -0.3 is 5.32 Å². The fourth-order valence-electron chi connectivity index (χ4n) is 1.74. The van der Waals surface area contributed by atoms with Gasteiger partial charge in [0.05, 0.1) is 5.69 Å². The molecule has 0 radical (unpaired) electrons. The van der Waals surface area contributed by atoms with Crippen LogP contribution in [0.3, 0.4) is 0 Å². The third-order valence-corrected chi connectivity index (χ3v) is 6.55. The van der Waals surface area contributed by atoms with Gasteiger partial charge in [0.1, 0.15) is 5.01 Å². The quantitative estimate of drug-likeness (QED) is 0.436. The normalized spacial score (nSPS) is 11.0. The van der Waals surface area contributed by atoms with Crippen LogP contribution in [0.2, 0.25) is 0 Å². The third kappa shape index (κ3) is 4.28. The lowest BCUT2D eigenvalue weighted by atomic mass is 10.3. The smallest absolute Gasteiger partial charge is 0.206 e. The Morgan fingerprint density at radius 1 is 1.27 bits per heavy atom. The topological polar surface area (TPSA) is 50.7 Å². The average molecular weight is 369 g/mol. The number of nitrogens with zero attached hydrogens (tertiary/aromatic N) is 3. The lowest BCUT2D eigenvalue weighted by Crippen LogP contribution is -1.99. The highest BCUT2D eigenvalue weighted by Crippen LogP contribution is 2.31. The molecule has 116 valence electrons. The predicted molar refractivity (Wildman–Crippen MR) is 98.3 cm³/mol. The third-order valence-electron chi connectivity index (χ3n) is 2.88. The first-order valence-corrected chi connectivity index (χ1v) is 10.6. The second-order valence-electron chi connectivity index (χ2n) is 4.60. The van der Waals surface area contributed by atoms with Crippen LogP contribution in [0.1, 0.15) is 25.5 Å². The van der Waals surface area contributed by atoms with Crippen molar-refractivity contribution in [1.82, 2.24) is 15.2 Å². The maximum Gasteiger partial charge on any atom is 0.206 e. The van der Waals surface area contributed by atoms with E-state index in [0.29, 0.717) is 0 Å². The van der Waals surface area contributed by atoms with E-state index in [9.17, 15) is 0 Å². The number of thioether (sulfide) groups is 1. The van der Waals surface area contributed by atoms with Crippen molar-refractivity contribution in [1.29, 1.82) is 0 Å². The minimum Gasteiger partial charge on any atom is -0.360 e. The molecule has 0 atom stereocenters. The van der Waals surface area contributed by atoms with E-state index in [1.165, 1.54) is 12.0 Å². The van der Waals surface area contributed by atoms with Crippen molar-refractivity contribution < 1.29 is 0 Å². The fourth-order valence-corrected chi connectivity index (χ4v) is 5.05. The number of anilines is 1. The Morgan fingerprint density at radius 3 is 3.05 bits per heavy atom. The molecule has 0 saturated heterocycles. The van der Waals surface area contributed by atoms with E-state index in [1.54, 1.807) is 45.8 Å². The second kappa shape index (κ2) is 8.05. The van der Waals surface area contributed by atoms with Gasteiger partial charge in [0.25, 0.3) is 0 Å². The largest absolute Gasteiger partial charge is 0.360 e. The van der Waals surface area contributed by atoms with Crippen LogP contribution in [0, 0.1) is 0 Å². The summed E-state index contributed by atoms with van der Waals surface area (Å²) in [4.78, 5) is 4.68. The second-order valence-corrected chi connectivity index (χ2v) is 8.44. The number of hydrogen-bond acceptors (Lipinski definition) is 8. The summed E-state index contributed by atoms with van der Waals surface area (Å²) in [6.45, 7) is 3.15. The van der Waals surface area contributed by atoms with Crippen molar-refractivity contribution in [2.45, 2.75) is 29.9 Å². The minimum absolute atomic E-state index is 0.838. The van der Waals surface area contributed by atoms with Gasteiger partial charge in [-0.15, -0.1) is 21.5 Å². The molecule has 1 N–H and O–H groups in total. The van der Waals surface area contributed by atoms with E-state index in [2.05, 4.69) is 49.6 Å². The van der Waals surface area contributed by atoms with Crippen molar-refractivity contribution in [3.63, 3.8) is 0 Å². The molecular formula is C14H16N4S4. The Balaban J connectivity index is 1.52. The highest BCUT2D eigenvalue weighted by Gasteiger charge is 2.08. The summed E-state index contributed by atoms with van der Waals surface area (Å²) in [5, 5.41) is 20.0. The molecule has 0 bridgehead atoms. The van der Waals surface area contributed by atoms with Gasteiger partial charge in [-0.2, -0.15) is 11.3 Å². The Kier molecular flexibility index (Phi) is 5.82. The molecule has 0 amide bonds. The van der Waals surface area contributed by atoms with Crippen LogP contribution in [-0.2, 0) is 5.75 Å². The Labute approximate surface area is 146 Å². The van der Waals surface area contributed by atoms with E-state index in [4.69, 9.17) is 0 Å². The van der Waals surface area contributed by atoms with E-state index < -0.39 is 0 Å². The number of aromatic nitrogens is 3. The first kappa shape index (κ1) is 15.9. The van der Waals surface area contributed by atoms with Crippen LogP contribution in [0.15, 0.2) is 26.5 Å². The molecule has 0 aliphatic rings. The van der Waals surface area contributed by atoms with Crippen LogP contribution in [-0.4, -0.2) is 21.7 Å². The molecule has 0 saturated carbocycles. The predicted octanol–water partition coefficient (Wildman–Crippen LogP) is 5.23. The lowest BCUT2D eigenvalue weighted by molar-refractivity contribution is 0.830. The monoisotopic (exact) mass is 368 g/mol. The zero-order valence-electron chi connectivity index (χ0n) is 12.1. The van der Waals surface area contributed by atoms with E-state index >= 15 is 0 Å². The summed E-state index contributed by atoms with van der Waals surface area (Å²) in [5.41, 5.74) is 2.32. The molecule has 3 heterocycles. The van der Waals surface area contributed by atoms with Crippen LogP contribution >= 0.6 is 45.8 Å². The van der Waals surface area contributed by atoms with Gasteiger partial charge in [-0.3, -0.25) is 0 Å². The summed E-state index contributed by atoms with van der Waals surface area (Å²) in [5.74, 6) is 0.838. The molecule has 0 spiro atoms. The van der Waals surface area contributed by atoms with Gasteiger partial charge in [-0.05, 0) is 17.9 Å². The average Bonchev–Trinajstić information content (AvgIpc) is 3.26. The molecule has 3 aromatic heterocycles. The van der Waals surface area contributed by atoms with E-state index in [0.717, 1.165) is 38.9 Å². The minimum atomic E-state index is 0.838. The van der Waals surface area contributed by atoms with Crippen LogP contribution in [0.4, 0.5) is 5.13 Å². The number of rotatable bonds is 8. The standard InChI is InChI=1S/C14H16N4S4/c1-2-3-5-15-13-17-18-14(22-13)21-9-11-8-20-12(16-11)10-4-6-19-7-10/h4,6-8H,2-3,5,9H2,1H3,(H,15,17). The molecule has 3 aromatic rings. The Morgan fingerprint density at radius 2 is 2.23 bits per heavy atom. The molecular weight excluding hydrogens is 352 g/mol. The van der Waals surface area contributed by atoms with Gasteiger partial charge in [-0.1, -0.05) is 36.4 Å². The first-order valence-electron chi connectivity index (χ1n) is 7.02. The number of thiazole rings is 1. The number of nitrogens with one attached hydrogen (secondary N) is 1. The van der Waals surface area contributed by atoms with Crippen molar-refractivity contribution >= 4 is 50.9 Å². The summed E-state index contributed by atoms with van der Waals surface area (Å²) in [7, 11) is 0. The first-order chi connectivity index (χ1) is 10.8. The highest BCUT2D eigenvalue weighted by atomic mass is 32.2. The van der Waals surface area contributed by atoms with Gasteiger partial charge in [-0.25, -0.2) is 4.98 Å². The van der Waals surface area contributed by atoms with Crippen LogP contribution < -0.4 is 5.32 Å². The number of thiophene rings is 1. The zero-order valence-corrected chi connectivity index (χ0v) is 15.4. The van der Waals surface area contributed by atoms with Gasteiger partial charge in [0.15, 0.2) is 4.34 Å². The van der Waals surface area contributed by atoms with Gasteiger partial charge in [0.2, 0.25) is 5.13 Å². The molecule has 0 aromatic carbocycles. The molecule has 0 fully saturated rings. The highest BCUT2D eigenvalue weighted by molar-refractivity contribution is 8.00. The van der Waals surface area contributed by atoms with Crippen molar-refractivity contribution in [2.24, 2.45) is 0 Å². The van der Waals surface area contributed by atoms with E-state index in [1.807, 2.05) is 0 Å². The molecule has 0 aliphatic carbocycles. The fraction of sp³-hybridized carbons (Fsp3) is 0.357. The Bertz CT molecular complexity index is 689. The van der Waals surface area contributed by atoms with Gasteiger partial charge in [0, 0.05) is 28.6 Å². The molecule has 0 aliphatic heterocycles. The molecule has 22 heavy (non-hydrogen) atoms. The molecule has 8 heteroatoms. The maximum absolute atomic E-state index is 4.68. The maximum atomic E-state index is 4.68. The van der Waals surface area contributed by atoms with Crippen LogP contribution in [0.25, 0.3) is 10.6 Å². The van der Waals surface area contributed by atoms with E-state index in [-0.39, 0.29) is 0 Å². The summed E-state index contributed by atoms with van der Waals surface area (Å²) in [6, 6.07) is 2.11.